The van der Waals surface area contributed by atoms with Crippen LogP contribution in [0, 0.1) is 23.3 Å². The van der Waals surface area contributed by atoms with Gasteiger partial charge in [0.1, 0.15) is 0 Å². The van der Waals surface area contributed by atoms with Gasteiger partial charge in [-0.15, -0.1) is 0 Å². The number of hydrogen-bond acceptors (Lipinski definition) is 9. The van der Waals surface area contributed by atoms with Crippen molar-refractivity contribution in [2.75, 3.05) is 58.5 Å². The number of nitrogens with one attached hydrogen (secondary N) is 4. The van der Waals surface area contributed by atoms with E-state index in [9.17, 15) is 36.7 Å². The van der Waals surface area contributed by atoms with Crippen molar-refractivity contribution in [2.24, 2.45) is 0 Å². The fourth-order valence-electron chi connectivity index (χ4n) is 4.82. The summed E-state index contributed by atoms with van der Waals surface area (Å²) < 4.78 is 74.1. The largest absolute Gasteiger partial charge is 0.420 e. The van der Waals surface area contributed by atoms with Crippen LogP contribution in [0.5, 0.6) is 5.75 Å². The number of unbranched alkanes of at least 4 members (excludes halogenated alkanes) is 1. The van der Waals surface area contributed by atoms with Crippen LogP contribution in [0.3, 0.4) is 0 Å². The van der Waals surface area contributed by atoms with Crippen molar-refractivity contribution in [3.63, 3.8) is 0 Å². The van der Waals surface area contributed by atoms with E-state index < -0.39 is 47.3 Å². The number of esters is 1. The Morgan fingerprint density at radius 3 is 1.96 bits per heavy atom. The van der Waals surface area contributed by atoms with Crippen LogP contribution in [0.15, 0.2) is 6.07 Å². The van der Waals surface area contributed by atoms with E-state index in [1.165, 1.54) is 0 Å². The zero-order valence-electron chi connectivity index (χ0n) is 26.0. The van der Waals surface area contributed by atoms with Crippen molar-refractivity contribution in [2.45, 2.75) is 68.7 Å². The van der Waals surface area contributed by atoms with Gasteiger partial charge in [0.05, 0.1) is 44.9 Å². The lowest BCUT2D eigenvalue weighted by atomic mass is 10.0. The maximum absolute atomic E-state index is 13.6. The monoisotopic (exact) mass is 694 g/mol. The molecule has 1 aromatic rings. The Bertz CT molecular complexity index is 1170. The van der Waals surface area contributed by atoms with Gasteiger partial charge in [0.25, 0.3) is 0 Å². The standard InChI is InChI=1S/C30H42F4N4O8S/c31-19-17-20(32)27(34)29(26(19)33)46-25(41)8-7-24(40)36-10-4-12-44-14-16-45-15-13-43-11-3-9-35-23(39)6-2-1-5-22-28-21(18-47-22)37-30(42)38-28/h17,21-22,28H,1-16,18H2,(H,35,39)(H,36,40)(H2,37,38,42)/t21-,22-,28-/m0/s1. The van der Waals surface area contributed by atoms with Crippen LogP contribution in [0.2, 0.25) is 0 Å². The summed E-state index contributed by atoms with van der Waals surface area (Å²) >= 11 is 1.88. The van der Waals surface area contributed by atoms with E-state index in [1.54, 1.807) is 0 Å². The highest BCUT2D eigenvalue weighted by molar-refractivity contribution is 8.00. The van der Waals surface area contributed by atoms with Crippen LogP contribution in [0.1, 0.15) is 51.4 Å². The van der Waals surface area contributed by atoms with Crippen LogP contribution in [-0.2, 0) is 28.6 Å². The fraction of sp³-hybridized carbons (Fsp3) is 0.667. The van der Waals surface area contributed by atoms with E-state index in [1.807, 2.05) is 11.8 Å². The van der Waals surface area contributed by atoms with Gasteiger partial charge < -0.3 is 40.2 Å². The van der Waals surface area contributed by atoms with E-state index in [0.29, 0.717) is 70.7 Å². The zero-order chi connectivity index (χ0) is 34.0. The molecule has 1 aromatic carbocycles. The van der Waals surface area contributed by atoms with Crippen molar-refractivity contribution < 1.29 is 55.7 Å². The molecule has 2 saturated heterocycles. The van der Waals surface area contributed by atoms with Gasteiger partial charge >= 0.3 is 12.0 Å². The highest BCUT2D eigenvalue weighted by Gasteiger charge is 2.42. The molecule has 4 amide bonds. The van der Waals surface area contributed by atoms with Crippen LogP contribution in [-0.4, -0.2) is 99.6 Å². The van der Waals surface area contributed by atoms with E-state index in [4.69, 9.17) is 14.2 Å². The number of carbonyl (C=O) groups is 4. The molecule has 12 nitrogen and oxygen atoms in total. The molecule has 0 unspecified atom stereocenters. The van der Waals surface area contributed by atoms with Crippen molar-refractivity contribution in [1.29, 1.82) is 0 Å². The normalized spacial score (nSPS) is 18.4. The highest BCUT2D eigenvalue weighted by Crippen LogP contribution is 2.33. The average Bonchev–Trinajstić information content (AvgIpc) is 3.60. The number of rotatable bonds is 23. The summed E-state index contributed by atoms with van der Waals surface area (Å²) in [6.07, 6.45) is 3.50. The lowest BCUT2D eigenvalue weighted by Crippen LogP contribution is -2.36. The van der Waals surface area contributed by atoms with Crippen molar-refractivity contribution in [3.8, 4) is 5.75 Å². The SMILES string of the molecule is O=C(CCCC[C@@H]1SC[C@@H]2NC(=O)N[C@@H]21)NCCCOCCOCCOCCCNC(=O)CCC(=O)Oc1c(F)c(F)cc(F)c1F. The van der Waals surface area contributed by atoms with Crippen LogP contribution in [0.4, 0.5) is 22.4 Å². The maximum atomic E-state index is 13.6. The Balaban J connectivity index is 1.03. The number of hydrogen-bond donors (Lipinski definition) is 4. The Labute approximate surface area is 274 Å². The molecule has 0 aromatic heterocycles. The van der Waals surface area contributed by atoms with E-state index >= 15 is 0 Å². The molecule has 0 saturated carbocycles. The van der Waals surface area contributed by atoms with Crippen LogP contribution >= 0.6 is 11.8 Å². The predicted octanol–water partition coefficient (Wildman–Crippen LogP) is 2.72. The molecule has 0 radical (unpaired) electrons. The molecule has 2 heterocycles. The van der Waals surface area contributed by atoms with Crippen molar-refractivity contribution in [1.82, 2.24) is 21.3 Å². The summed E-state index contributed by atoms with van der Waals surface area (Å²) in [6.45, 7) is 3.14. The first-order chi connectivity index (χ1) is 22.7. The molecule has 2 fully saturated rings. The van der Waals surface area contributed by atoms with E-state index in [0.717, 1.165) is 25.0 Å². The highest BCUT2D eigenvalue weighted by atomic mass is 32.2. The third-order valence-corrected chi connectivity index (χ3v) is 8.75. The molecule has 4 N–H and O–H groups in total. The van der Waals surface area contributed by atoms with Gasteiger partial charge in [-0.3, -0.25) is 14.4 Å². The van der Waals surface area contributed by atoms with Crippen molar-refractivity contribution in [3.05, 3.63) is 29.3 Å². The lowest BCUT2D eigenvalue weighted by Gasteiger charge is -2.16. The van der Waals surface area contributed by atoms with Crippen LogP contribution in [0.25, 0.3) is 0 Å². The second kappa shape index (κ2) is 21.0. The second-order valence-electron chi connectivity index (χ2n) is 10.9. The van der Waals surface area contributed by atoms with Gasteiger partial charge in [0.15, 0.2) is 11.6 Å². The number of carbonyl (C=O) groups excluding carboxylic acids is 4. The van der Waals surface area contributed by atoms with E-state index in [2.05, 4.69) is 26.0 Å². The number of amides is 4. The molecule has 47 heavy (non-hydrogen) atoms. The molecule has 17 heteroatoms. The van der Waals surface area contributed by atoms with Crippen molar-refractivity contribution >= 4 is 35.6 Å². The number of halogens is 4. The number of urea groups is 1. The summed E-state index contributed by atoms with van der Waals surface area (Å²) in [7, 11) is 0. The number of fused-ring (bicyclic) bond motifs is 1. The zero-order valence-corrected chi connectivity index (χ0v) is 26.8. The quantitative estimate of drug-likeness (QED) is 0.0338. The Hall–Kier alpha value is -3.15. The molecule has 0 spiro atoms. The summed E-state index contributed by atoms with van der Waals surface area (Å²) in [4.78, 5) is 47.0. The Kier molecular flexibility index (Phi) is 17.1. The smallest absolute Gasteiger partial charge is 0.315 e. The summed E-state index contributed by atoms with van der Waals surface area (Å²) in [5, 5.41) is 11.8. The third kappa shape index (κ3) is 13.9. The van der Waals surface area contributed by atoms with Crippen LogP contribution < -0.4 is 26.0 Å². The first kappa shape index (κ1) is 38.3. The van der Waals surface area contributed by atoms with Gasteiger partial charge in [-0.25, -0.2) is 13.6 Å². The van der Waals surface area contributed by atoms with Gasteiger partial charge in [-0.1, -0.05) is 6.42 Å². The predicted molar refractivity (Wildman–Crippen MR) is 163 cm³/mol. The van der Waals surface area contributed by atoms with Gasteiger partial charge in [-0.05, 0) is 25.7 Å². The Morgan fingerprint density at radius 1 is 0.766 bits per heavy atom. The summed E-state index contributed by atoms with van der Waals surface area (Å²) in [5.74, 6) is -9.39. The van der Waals surface area contributed by atoms with Gasteiger partial charge in [0, 0.05) is 56.2 Å². The molecule has 264 valence electrons. The first-order valence-corrected chi connectivity index (χ1v) is 16.7. The average molecular weight is 695 g/mol. The molecular formula is C30H42F4N4O8S. The lowest BCUT2D eigenvalue weighted by molar-refractivity contribution is -0.136. The first-order valence-electron chi connectivity index (χ1n) is 15.6. The maximum Gasteiger partial charge on any atom is 0.315 e. The summed E-state index contributed by atoms with van der Waals surface area (Å²) in [5.41, 5.74) is 0. The van der Waals surface area contributed by atoms with Gasteiger partial charge in [0.2, 0.25) is 29.2 Å². The molecule has 2 aliphatic rings. The van der Waals surface area contributed by atoms with Gasteiger partial charge in [-0.2, -0.15) is 20.5 Å². The minimum Gasteiger partial charge on any atom is -0.420 e. The molecule has 3 rings (SSSR count). The minimum absolute atomic E-state index is 0.0105. The molecule has 0 bridgehead atoms. The number of thioether (sulfide) groups is 1. The molecular weight excluding hydrogens is 652 g/mol. The molecule has 0 aliphatic carbocycles. The molecule has 2 aliphatic heterocycles. The molecule has 3 atom stereocenters. The van der Waals surface area contributed by atoms with E-state index in [-0.39, 0.29) is 43.1 Å². The third-order valence-electron chi connectivity index (χ3n) is 7.24. The minimum atomic E-state index is -1.84. The number of ether oxygens (including phenoxy) is 4. The number of benzene rings is 1. The fourth-order valence-corrected chi connectivity index (χ4v) is 6.36. The summed E-state index contributed by atoms with van der Waals surface area (Å²) in [6, 6.07) is 0.323. The second-order valence-corrected chi connectivity index (χ2v) is 12.2. The Morgan fingerprint density at radius 2 is 1.34 bits per heavy atom. The topological polar surface area (TPSA) is 153 Å².